The van der Waals surface area contributed by atoms with Crippen LogP contribution in [0.15, 0.2) is 4.36 Å². The van der Waals surface area contributed by atoms with Gasteiger partial charge in [-0.25, -0.2) is 8.57 Å². The fourth-order valence-corrected chi connectivity index (χ4v) is 4.07. The van der Waals surface area contributed by atoms with Crippen molar-refractivity contribution in [2.45, 2.75) is 12.8 Å². The topological polar surface area (TPSA) is 41.5 Å². The number of nitrogens with zero attached hydrogens (tertiary/aromatic N) is 1. The van der Waals surface area contributed by atoms with Crippen LogP contribution in [-0.2, 0) is 9.73 Å². The lowest BCUT2D eigenvalue weighted by molar-refractivity contribution is 0.151. The van der Waals surface area contributed by atoms with Gasteiger partial charge in [-0.15, -0.1) is 0 Å². The lowest BCUT2D eigenvalue weighted by Gasteiger charge is -2.45. The van der Waals surface area contributed by atoms with E-state index in [2.05, 4.69) is 9.68 Å². The minimum atomic E-state index is -1.78. The van der Waals surface area contributed by atoms with Crippen LogP contribution in [0, 0.1) is 5.41 Å². The number of hydrogen-bond donors (Lipinski definition) is 1. The van der Waals surface area contributed by atoms with Crippen LogP contribution in [0.3, 0.4) is 0 Å². The van der Waals surface area contributed by atoms with E-state index in [1.165, 1.54) is 0 Å². The third kappa shape index (κ3) is 1.27. The van der Waals surface area contributed by atoms with Gasteiger partial charge in [0.15, 0.2) is 0 Å². The molecule has 3 nitrogen and oxygen atoms in total. The van der Waals surface area contributed by atoms with E-state index >= 15 is 0 Å². The molecular formula is C8H16N2OS. The fourth-order valence-electron chi connectivity index (χ4n) is 1.99. The van der Waals surface area contributed by atoms with Crippen LogP contribution < -0.4 is 5.32 Å². The molecule has 2 fully saturated rings. The smallest absolute Gasteiger partial charge is 0.0465 e. The third-order valence-corrected chi connectivity index (χ3v) is 5.58. The minimum Gasteiger partial charge on any atom is -0.316 e. The van der Waals surface area contributed by atoms with Gasteiger partial charge in [-0.05, 0) is 18.3 Å². The summed E-state index contributed by atoms with van der Waals surface area (Å²) in [6, 6.07) is 0. The molecule has 2 rings (SSSR count). The molecule has 1 spiro atoms. The van der Waals surface area contributed by atoms with E-state index in [1.54, 1.807) is 7.05 Å². The Labute approximate surface area is 74.1 Å². The van der Waals surface area contributed by atoms with Crippen LogP contribution in [0.5, 0.6) is 0 Å². The van der Waals surface area contributed by atoms with E-state index < -0.39 is 9.73 Å². The highest BCUT2D eigenvalue weighted by molar-refractivity contribution is 7.93. The van der Waals surface area contributed by atoms with Gasteiger partial charge in [0, 0.05) is 41.4 Å². The minimum absolute atomic E-state index is 0.506. The third-order valence-electron chi connectivity index (χ3n) is 3.24. The molecule has 4 heteroatoms. The molecule has 70 valence electrons. The zero-order valence-corrected chi connectivity index (χ0v) is 8.32. The molecular weight excluding hydrogens is 172 g/mol. The quantitative estimate of drug-likeness (QED) is 0.600. The van der Waals surface area contributed by atoms with Gasteiger partial charge in [-0.1, -0.05) is 0 Å². The maximum Gasteiger partial charge on any atom is 0.0465 e. The van der Waals surface area contributed by atoms with Crippen LogP contribution in [0.4, 0.5) is 0 Å². The van der Waals surface area contributed by atoms with Crippen LogP contribution in [0.25, 0.3) is 0 Å². The monoisotopic (exact) mass is 188 g/mol. The molecule has 1 N–H and O–H groups in total. The van der Waals surface area contributed by atoms with Crippen molar-refractivity contribution in [1.29, 1.82) is 0 Å². The Morgan fingerprint density at radius 1 is 1.33 bits per heavy atom. The second kappa shape index (κ2) is 2.70. The first-order valence-electron chi connectivity index (χ1n) is 4.50. The van der Waals surface area contributed by atoms with Gasteiger partial charge in [0.1, 0.15) is 0 Å². The Kier molecular flexibility index (Phi) is 1.92. The SMILES string of the molecule is CN=S1(=O)CCC2(CC1)CNC2. The summed E-state index contributed by atoms with van der Waals surface area (Å²) in [5.41, 5.74) is 0.506. The summed E-state index contributed by atoms with van der Waals surface area (Å²) in [5, 5.41) is 3.29. The Balaban J connectivity index is 2.06. The van der Waals surface area contributed by atoms with Crippen molar-refractivity contribution in [1.82, 2.24) is 5.32 Å². The number of rotatable bonds is 0. The molecule has 2 aliphatic rings. The summed E-state index contributed by atoms with van der Waals surface area (Å²) in [4.78, 5) is 0. The van der Waals surface area contributed by atoms with Gasteiger partial charge in [0.2, 0.25) is 0 Å². The molecule has 0 aromatic rings. The van der Waals surface area contributed by atoms with Gasteiger partial charge in [0.05, 0.1) is 0 Å². The van der Waals surface area contributed by atoms with Crippen LogP contribution in [0.2, 0.25) is 0 Å². The predicted octanol–water partition coefficient (Wildman–Crippen LogP) is 0.468. The molecule has 0 radical (unpaired) electrons. The standard InChI is InChI=1S/C8H16N2OS/c1-9-12(11)4-2-8(3-5-12)6-10-7-8/h10H,2-7H2,1H3. The lowest BCUT2D eigenvalue weighted by atomic mass is 9.77. The van der Waals surface area contributed by atoms with Gasteiger partial charge < -0.3 is 5.32 Å². The van der Waals surface area contributed by atoms with Crippen LogP contribution >= 0.6 is 0 Å². The van der Waals surface area contributed by atoms with Crippen molar-refractivity contribution in [3.63, 3.8) is 0 Å². The first-order valence-corrected chi connectivity index (χ1v) is 6.35. The average Bonchev–Trinajstić information content (AvgIpc) is 2.04. The second-order valence-corrected chi connectivity index (χ2v) is 6.69. The van der Waals surface area contributed by atoms with Gasteiger partial charge >= 0.3 is 0 Å². The van der Waals surface area contributed by atoms with E-state index in [0.29, 0.717) is 5.41 Å². The summed E-state index contributed by atoms with van der Waals surface area (Å²) >= 11 is 0. The zero-order chi connectivity index (χ0) is 8.66. The Morgan fingerprint density at radius 2 is 1.92 bits per heavy atom. The molecule has 0 unspecified atom stereocenters. The molecule has 0 aromatic heterocycles. The van der Waals surface area contributed by atoms with Crippen LogP contribution in [-0.4, -0.2) is 35.9 Å². The van der Waals surface area contributed by atoms with Crippen molar-refractivity contribution >= 4 is 9.73 Å². The maximum atomic E-state index is 11.8. The van der Waals surface area contributed by atoms with E-state index in [1.807, 2.05) is 0 Å². The van der Waals surface area contributed by atoms with Crippen LogP contribution in [0.1, 0.15) is 12.8 Å². The molecule has 0 aliphatic carbocycles. The zero-order valence-electron chi connectivity index (χ0n) is 7.51. The lowest BCUT2D eigenvalue weighted by Crippen LogP contribution is -2.56. The predicted molar refractivity (Wildman–Crippen MR) is 50.8 cm³/mol. The number of nitrogens with one attached hydrogen (secondary N) is 1. The molecule has 0 amide bonds. The molecule has 2 heterocycles. The van der Waals surface area contributed by atoms with Crippen molar-refractivity contribution in [3.05, 3.63) is 0 Å². The summed E-state index contributed by atoms with van der Waals surface area (Å²) in [6.07, 6.45) is 2.21. The highest BCUT2D eigenvalue weighted by Gasteiger charge is 2.40. The molecule has 12 heavy (non-hydrogen) atoms. The highest BCUT2D eigenvalue weighted by Crippen LogP contribution is 2.36. The van der Waals surface area contributed by atoms with Gasteiger partial charge in [0.25, 0.3) is 0 Å². The molecule has 2 saturated heterocycles. The summed E-state index contributed by atoms with van der Waals surface area (Å²) < 4.78 is 15.8. The fraction of sp³-hybridized carbons (Fsp3) is 1.00. The van der Waals surface area contributed by atoms with E-state index in [4.69, 9.17) is 0 Å². The van der Waals surface area contributed by atoms with Gasteiger partial charge in [-0.2, -0.15) is 0 Å². The maximum absolute atomic E-state index is 11.8. The molecule has 0 atom stereocenters. The van der Waals surface area contributed by atoms with Gasteiger partial charge in [-0.3, -0.25) is 0 Å². The highest BCUT2D eigenvalue weighted by atomic mass is 32.2. The van der Waals surface area contributed by atoms with E-state index in [-0.39, 0.29) is 0 Å². The Hall–Kier alpha value is -0.0900. The summed E-state index contributed by atoms with van der Waals surface area (Å²) in [7, 11) is -0.0843. The Bertz CT molecular complexity index is 271. The molecule has 0 aromatic carbocycles. The molecule has 2 aliphatic heterocycles. The van der Waals surface area contributed by atoms with Crippen molar-refractivity contribution in [3.8, 4) is 0 Å². The Morgan fingerprint density at radius 3 is 2.25 bits per heavy atom. The normalized spacial score (nSPS) is 31.1. The number of hydrogen-bond acceptors (Lipinski definition) is 3. The molecule has 0 bridgehead atoms. The summed E-state index contributed by atoms with van der Waals surface area (Å²) in [6.45, 7) is 2.26. The largest absolute Gasteiger partial charge is 0.316 e. The summed E-state index contributed by atoms with van der Waals surface area (Å²) in [5.74, 6) is 1.65. The van der Waals surface area contributed by atoms with E-state index in [0.717, 1.165) is 37.4 Å². The molecule has 0 saturated carbocycles. The first kappa shape index (κ1) is 8.51. The van der Waals surface area contributed by atoms with Crippen molar-refractivity contribution in [2.75, 3.05) is 31.6 Å². The van der Waals surface area contributed by atoms with E-state index in [9.17, 15) is 4.21 Å². The van der Waals surface area contributed by atoms with Crippen molar-refractivity contribution < 1.29 is 4.21 Å². The average molecular weight is 188 g/mol. The van der Waals surface area contributed by atoms with Crippen molar-refractivity contribution in [2.24, 2.45) is 9.78 Å². The first-order chi connectivity index (χ1) is 5.68. The second-order valence-electron chi connectivity index (χ2n) is 3.97.